The minimum absolute atomic E-state index is 1.08. The summed E-state index contributed by atoms with van der Waals surface area (Å²) in [7, 11) is -1.09. The molecule has 0 fully saturated rings. The SMILES string of the molecule is CC=CCC=C(c1ccccc1)[P+](CCCC)(CCCC)CCCC. The highest BCUT2D eigenvalue weighted by molar-refractivity contribution is 7.85. The van der Waals surface area contributed by atoms with Crippen LogP contribution in [-0.2, 0) is 0 Å². The van der Waals surface area contributed by atoms with Gasteiger partial charge in [-0.05, 0) is 38.7 Å². The number of hydrogen-bond acceptors (Lipinski definition) is 0. The molecule has 1 rings (SSSR count). The zero-order valence-corrected chi connectivity index (χ0v) is 18.0. The first-order valence-electron chi connectivity index (χ1n) is 10.5. The summed E-state index contributed by atoms with van der Waals surface area (Å²) in [6.45, 7) is 9.17. The lowest BCUT2D eigenvalue weighted by molar-refractivity contribution is 0.841. The summed E-state index contributed by atoms with van der Waals surface area (Å²) in [5, 5.41) is 1.72. The molecule has 0 aliphatic carbocycles. The van der Waals surface area contributed by atoms with Crippen LogP contribution in [0, 0.1) is 0 Å². The van der Waals surface area contributed by atoms with Crippen molar-refractivity contribution in [2.75, 3.05) is 18.5 Å². The molecule has 0 saturated heterocycles. The van der Waals surface area contributed by atoms with E-state index in [4.69, 9.17) is 0 Å². The third kappa shape index (κ3) is 7.49. The van der Waals surface area contributed by atoms with E-state index in [2.05, 4.69) is 76.3 Å². The van der Waals surface area contributed by atoms with Crippen molar-refractivity contribution in [2.45, 2.75) is 72.6 Å². The van der Waals surface area contributed by atoms with E-state index in [0.717, 1.165) is 6.42 Å². The Balaban J connectivity index is 3.33. The van der Waals surface area contributed by atoms with Crippen molar-refractivity contribution in [3.8, 4) is 0 Å². The van der Waals surface area contributed by atoms with Crippen molar-refractivity contribution >= 4 is 12.6 Å². The van der Waals surface area contributed by atoms with Crippen LogP contribution in [-0.4, -0.2) is 18.5 Å². The Kier molecular flexibility index (Phi) is 11.8. The summed E-state index contributed by atoms with van der Waals surface area (Å²) in [6, 6.07) is 11.3. The molecule has 0 amide bonds. The lowest BCUT2D eigenvalue weighted by Crippen LogP contribution is -2.11. The van der Waals surface area contributed by atoms with Crippen LogP contribution in [0.2, 0.25) is 0 Å². The highest BCUT2D eigenvalue weighted by Crippen LogP contribution is 2.70. The second-order valence-corrected chi connectivity index (χ2v) is 11.3. The largest absolute Gasteiger partial charge is 0.0974 e. The molecule has 0 nitrogen and oxygen atoms in total. The Morgan fingerprint density at radius 2 is 1.36 bits per heavy atom. The first kappa shape index (κ1) is 22.2. The Labute approximate surface area is 158 Å². The first-order valence-corrected chi connectivity index (χ1v) is 12.8. The zero-order valence-electron chi connectivity index (χ0n) is 17.1. The standard InChI is InChI=1S/C24H40P/c1-5-9-14-19-24(23-17-15-13-16-18-23)25(20-10-6-2,21-11-7-3)22-12-8-4/h5,9,13,15-19H,6-8,10-12,14,20-22H2,1-4H3/q+1. The van der Waals surface area contributed by atoms with Gasteiger partial charge in [-0.25, -0.2) is 0 Å². The van der Waals surface area contributed by atoms with Gasteiger partial charge < -0.3 is 0 Å². The van der Waals surface area contributed by atoms with Crippen molar-refractivity contribution in [1.82, 2.24) is 0 Å². The first-order chi connectivity index (χ1) is 12.2. The van der Waals surface area contributed by atoms with Crippen LogP contribution in [0.4, 0.5) is 0 Å². The normalized spacial score (nSPS) is 12.9. The predicted octanol–water partition coefficient (Wildman–Crippen LogP) is 8.41. The van der Waals surface area contributed by atoms with E-state index in [-0.39, 0.29) is 0 Å². The molecule has 25 heavy (non-hydrogen) atoms. The zero-order chi connectivity index (χ0) is 18.4. The molecule has 0 atom stereocenters. The van der Waals surface area contributed by atoms with Gasteiger partial charge in [0.25, 0.3) is 0 Å². The van der Waals surface area contributed by atoms with Crippen LogP contribution >= 0.6 is 7.26 Å². The van der Waals surface area contributed by atoms with Gasteiger partial charge in [0.1, 0.15) is 0 Å². The molecule has 0 heterocycles. The summed E-state index contributed by atoms with van der Waals surface area (Å²) in [4.78, 5) is 0. The fourth-order valence-electron chi connectivity index (χ4n) is 3.59. The lowest BCUT2D eigenvalue weighted by atomic mass is 10.2. The van der Waals surface area contributed by atoms with Crippen LogP contribution in [0.5, 0.6) is 0 Å². The lowest BCUT2D eigenvalue weighted by Gasteiger charge is -2.30. The van der Waals surface area contributed by atoms with Gasteiger partial charge in [-0.3, -0.25) is 0 Å². The van der Waals surface area contributed by atoms with Crippen molar-refractivity contribution in [3.63, 3.8) is 0 Å². The number of hydrogen-bond donors (Lipinski definition) is 0. The third-order valence-corrected chi connectivity index (χ3v) is 10.1. The fraction of sp³-hybridized carbons (Fsp3) is 0.583. The maximum absolute atomic E-state index is 2.57. The van der Waals surface area contributed by atoms with Gasteiger partial charge in [0.2, 0.25) is 0 Å². The average Bonchev–Trinajstić information content (AvgIpc) is 2.66. The van der Waals surface area contributed by atoms with E-state index in [0.29, 0.717) is 0 Å². The van der Waals surface area contributed by atoms with Crippen LogP contribution < -0.4 is 0 Å². The quantitative estimate of drug-likeness (QED) is 0.245. The molecule has 0 radical (unpaired) electrons. The second kappa shape index (κ2) is 13.3. The molecule has 1 aromatic rings. The number of benzene rings is 1. The number of allylic oxidation sites excluding steroid dienone is 3. The van der Waals surface area contributed by atoms with E-state index in [1.54, 1.807) is 5.31 Å². The van der Waals surface area contributed by atoms with Crippen molar-refractivity contribution in [2.24, 2.45) is 0 Å². The summed E-state index contributed by atoms with van der Waals surface area (Å²) in [5.74, 6) is 0. The van der Waals surface area contributed by atoms with Gasteiger partial charge in [0.05, 0.1) is 23.8 Å². The van der Waals surface area contributed by atoms with Crippen LogP contribution in [0.3, 0.4) is 0 Å². The molecule has 0 aliphatic rings. The van der Waals surface area contributed by atoms with E-state index in [1.165, 1.54) is 62.6 Å². The monoisotopic (exact) mass is 359 g/mol. The molecular formula is C24H40P+. The Morgan fingerprint density at radius 3 is 1.80 bits per heavy atom. The van der Waals surface area contributed by atoms with Crippen molar-refractivity contribution < 1.29 is 0 Å². The molecule has 140 valence electrons. The molecule has 1 heteroatoms. The molecule has 0 spiro atoms. The van der Waals surface area contributed by atoms with E-state index in [1.807, 2.05) is 0 Å². The topological polar surface area (TPSA) is 0 Å². The second-order valence-electron chi connectivity index (χ2n) is 7.14. The Hall–Kier alpha value is -0.870. The molecular weight excluding hydrogens is 319 g/mol. The number of rotatable bonds is 13. The Morgan fingerprint density at radius 1 is 0.840 bits per heavy atom. The van der Waals surface area contributed by atoms with Crippen molar-refractivity contribution in [3.05, 3.63) is 54.1 Å². The molecule has 0 aromatic heterocycles. The van der Waals surface area contributed by atoms with E-state index >= 15 is 0 Å². The maximum Gasteiger partial charge on any atom is 0.0974 e. The highest BCUT2D eigenvalue weighted by atomic mass is 31.2. The highest BCUT2D eigenvalue weighted by Gasteiger charge is 2.40. The minimum atomic E-state index is -1.09. The fourth-order valence-corrected chi connectivity index (χ4v) is 8.94. The smallest absolute Gasteiger partial charge is 0.0913 e. The van der Waals surface area contributed by atoms with Crippen LogP contribution in [0.15, 0.2) is 48.6 Å². The van der Waals surface area contributed by atoms with Gasteiger partial charge in [0, 0.05) is 12.8 Å². The molecule has 0 unspecified atom stereocenters. The third-order valence-electron chi connectivity index (χ3n) is 5.08. The summed E-state index contributed by atoms with van der Waals surface area (Å²) in [6.07, 6.45) is 20.6. The molecule has 0 aliphatic heterocycles. The average molecular weight is 360 g/mol. The number of unbranched alkanes of at least 4 members (excludes halogenated alkanes) is 3. The maximum atomic E-state index is 2.57. The van der Waals surface area contributed by atoms with Gasteiger partial charge in [-0.1, -0.05) is 82.5 Å². The summed E-state index contributed by atoms with van der Waals surface area (Å²) >= 11 is 0. The van der Waals surface area contributed by atoms with Gasteiger partial charge in [0.15, 0.2) is 0 Å². The van der Waals surface area contributed by atoms with Gasteiger partial charge in [-0.15, -0.1) is 0 Å². The predicted molar refractivity (Wildman–Crippen MR) is 120 cm³/mol. The summed E-state index contributed by atoms with van der Waals surface area (Å²) in [5.41, 5.74) is 1.49. The molecule has 0 saturated carbocycles. The van der Waals surface area contributed by atoms with E-state index < -0.39 is 7.26 Å². The summed E-state index contributed by atoms with van der Waals surface area (Å²) < 4.78 is 0. The molecule has 0 bridgehead atoms. The van der Waals surface area contributed by atoms with Crippen LogP contribution in [0.1, 0.15) is 78.2 Å². The van der Waals surface area contributed by atoms with E-state index in [9.17, 15) is 0 Å². The molecule has 1 aromatic carbocycles. The molecule has 0 N–H and O–H groups in total. The van der Waals surface area contributed by atoms with Crippen molar-refractivity contribution in [1.29, 1.82) is 0 Å². The minimum Gasteiger partial charge on any atom is -0.0913 e. The van der Waals surface area contributed by atoms with Gasteiger partial charge in [-0.2, -0.15) is 0 Å². The Bertz CT molecular complexity index is 476. The van der Waals surface area contributed by atoms with Crippen LogP contribution in [0.25, 0.3) is 5.31 Å². The van der Waals surface area contributed by atoms with Gasteiger partial charge >= 0.3 is 0 Å².